The Morgan fingerprint density at radius 1 is 1.09 bits per heavy atom. The third kappa shape index (κ3) is 8.21. The fourth-order valence-electron chi connectivity index (χ4n) is 3.19. The van der Waals surface area contributed by atoms with Gasteiger partial charge >= 0.3 is 0 Å². The summed E-state index contributed by atoms with van der Waals surface area (Å²) >= 11 is 13.5. The number of nitro benzene ring substituents is 1. The molecule has 0 aliphatic heterocycles. The van der Waals surface area contributed by atoms with Gasteiger partial charge in [-0.25, -0.2) is 0 Å². The number of benzene rings is 2. The molecule has 0 fully saturated rings. The van der Waals surface area contributed by atoms with Crippen LogP contribution in [0.3, 0.4) is 0 Å². The van der Waals surface area contributed by atoms with Crippen LogP contribution in [0.25, 0.3) is 0 Å². The van der Waals surface area contributed by atoms with Crippen molar-refractivity contribution in [3.8, 4) is 0 Å². The van der Waals surface area contributed by atoms with Gasteiger partial charge in [-0.2, -0.15) is 0 Å². The van der Waals surface area contributed by atoms with Crippen molar-refractivity contribution in [3.63, 3.8) is 0 Å². The second-order valence-electron chi connectivity index (χ2n) is 7.77. The van der Waals surface area contributed by atoms with E-state index in [9.17, 15) is 19.7 Å². The first-order valence-corrected chi connectivity index (χ1v) is 12.4. The summed E-state index contributed by atoms with van der Waals surface area (Å²) in [5.41, 5.74) is 1.67. The van der Waals surface area contributed by atoms with Gasteiger partial charge in [0.15, 0.2) is 0 Å². The summed E-state index contributed by atoms with van der Waals surface area (Å²) in [5, 5.41) is 14.5. The van der Waals surface area contributed by atoms with Crippen molar-refractivity contribution in [3.05, 3.63) is 73.8 Å². The van der Waals surface area contributed by atoms with E-state index in [2.05, 4.69) is 5.32 Å². The smallest absolute Gasteiger partial charge is 0.269 e. The van der Waals surface area contributed by atoms with Crippen LogP contribution < -0.4 is 5.32 Å². The first-order valence-electron chi connectivity index (χ1n) is 10.5. The minimum absolute atomic E-state index is 0.0228. The van der Waals surface area contributed by atoms with Crippen LogP contribution in [-0.4, -0.2) is 39.5 Å². The van der Waals surface area contributed by atoms with Crippen LogP contribution in [0.4, 0.5) is 5.69 Å². The molecule has 0 aromatic heterocycles. The minimum atomic E-state index is -0.630. The number of thioether (sulfide) groups is 1. The molecule has 1 N–H and O–H groups in total. The number of nitrogens with zero attached hydrogens (tertiary/aromatic N) is 2. The fraction of sp³-hybridized carbons (Fsp3) is 0.391. The Balaban J connectivity index is 2.14. The van der Waals surface area contributed by atoms with Gasteiger partial charge in [0.25, 0.3) is 5.69 Å². The van der Waals surface area contributed by atoms with Crippen LogP contribution in [0.15, 0.2) is 42.5 Å². The van der Waals surface area contributed by atoms with E-state index in [1.54, 1.807) is 35.2 Å². The van der Waals surface area contributed by atoms with Gasteiger partial charge in [0, 0.05) is 30.5 Å². The number of non-ortho nitro benzene ring substituents is 1. The average Bonchev–Trinajstić information content (AvgIpc) is 2.75. The van der Waals surface area contributed by atoms with E-state index >= 15 is 0 Å². The Bertz CT molecular complexity index is 986. The predicted molar refractivity (Wildman–Crippen MR) is 134 cm³/mol. The molecule has 2 rings (SSSR count). The summed E-state index contributed by atoms with van der Waals surface area (Å²) in [6, 6.07) is 10.7. The van der Waals surface area contributed by atoms with E-state index in [0.29, 0.717) is 22.2 Å². The van der Waals surface area contributed by atoms with Crippen LogP contribution >= 0.6 is 35.0 Å². The van der Waals surface area contributed by atoms with Gasteiger partial charge in [0.2, 0.25) is 11.8 Å². The Hall–Kier alpha value is -2.29. The second kappa shape index (κ2) is 12.8. The molecule has 7 nitrogen and oxygen atoms in total. The summed E-state index contributed by atoms with van der Waals surface area (Å²) in [5.74, 6) is 0.281. The molecule has 0 spiro atoms. The van der Waals surface area contributed by atoms with Crippen LogP contribution in [0, 0.1) is 10.1 Å². The maximum atomic E-state index is 13.2. The molecule has 2 aromatic rings. The monoisotopic (exact) mass is 511 g/mol. The molecule has 2 aromatic carbocycles. The number of nitrogens with one attached hydrogen (secondary N) is 1. The number of hydrogen-bond donors (Lipinski definition) is 1. The van der Waals surface area contributed by atoms with Gasteiger partial charge in [0.1, 0.15) is 6.04 Å². The molecule has 1 atom stereocenters. The zero-order valence-corrected chi connectivity index (χ0v) is 21.0. The summed E-state index contributed by atoms with van der Waals surface area (Å²) in [4.78, 5) is 37.9. The van der Waals surface area contributed by atoms with Crippen LogP contribution in [0.1, 0.15) is 38.3 Å². The molecule has 0 radical (unpaired) electrons. The minimum Gasteiger partial charge on any atom is -0.352 e. The van der Waals surface area contributed by atoms with Gasteiger partial charge in [-0.1, -0.05) is 48.3 Å². The maximum absolute atomic E-state index is 13.2. The molecule has 0 saturated heterocycles. The van der Waals surface area contributed by atoms with Crippen LogP contribution in [0.2, 0.25) is 10.0 Å². The Morgan fingerprint density at radius 2 is 1.73 bits per heavy atom. The quantitative estimate of drug-likeness (QED) is 0.319. The lowest BCUT2D eigenvalue weighted by Crippen LogP contribution is -2.50. The molecule has 0 bridgehead atoms. The third-order valence-electron chi connectivity index (χ3n) is 4.80. The fourth-order valence-corrected chi connectivity index (χ4v) is 4.38. The van der Waals surface area contributed by atoms with Crippen LogP contribution in [-0.2, 0) is 21.9 Å². The van der Waals surface area contributed by atoms with E-state index in [1.165, 1.54) is 23.9 Å². The molecule has 0 heterocycles. The molecular weight excluding hydrogens is 485 g/mol. The number of halogens is 2. The molecule has 0 saturated carbocycles. The lowest BCUT2D eigenvalue weighted by Gasteiger charge is -2.31. The molecule has 178 valence electrons. The molecule has 0 unspecified atom stereocenters. The summed E-state index contributed by atoms with van der Waals surface area (Å²) in [6.07, 6.45) is 0.457. The van der Waals surface area contributed by atoms with Crippen LogP contribution in [0.5, 0.6) is 0 Å². The van der Waals surface area contributed by atoms with Crippen molar-refractivity contribution >= 4 is 52.5 Å². The van der Waals surface area contributed by atoms with E-state index in [4.69, 9.17) is 23.2 Å². The lowest BCUT2D eigenvalue weighted by atomic mass is 10.1. The maximum Gasteiger partial charge on any atom is 0.269 e. The standard InChI is InChI=1S/C23H27Cl2N3O4S/c1-4-21(23(30)26-15(2)3)27(12-17-7-10-19(24)20(25)11-17)22(29)14-33-13-16-5-8-18(9-6-16)28(31)32/h5-11,15,21H,4,12-14H2,1-3H3,(H,26,30)/t21-/m1/s1. The van der Waals surface area contributed by atoms with E-state index in [-0.39, 0.29) is 35.8 Å². The molecule has 0 aliphatic carbocycles. The van der Waals surface area contributed by atoms with Gasteiger partial charge in [-0.3, -0.25) is 19.7 Å². The number of carbonyl (C=O) groups is 2. The topological polar surface area (TPSA) is 92.6 Å². The molecule has 0 aliphatic rings. The molecule has 33 heavy (non-hydrogen) atoms. The molecule has 10 heteroatoms. The first-order chi connectivity index (χ1) is 15.6. The first kappa shape index (κ1) is 27.0. The Labute approximate surface area is 208 Å². The highest BCUT2D eigenvalue weighted by Crippen LogP contribution is 2.25. The van der Waals surface area contributed by atoms with Crippen molar-refractivity contribution < 1.29 is 14.5 Å². The Morgan fingerprint density at radius 3 is 2.27 bits per heavy atom. The van der Waals surface area contributed by atoms with Crippen molar-refractivity contribution in [2.45, 2.75) is 51.6 Å². The van der Waals surface area contributed by atoms with Gasteiger partial charge in [0.05, 0.1) is 20.7 Å². The average molecular weight is 512 g/mol. The number of carbonyl (C=O) groups excluding carboxylic acids is 2. The SMILES string of the molecule is CC[C@H](C(=O)NC(C)C)N(Cc1ccc(Cl)c(Cl)c1)C(=O)CSCc1ccc([N+](=O)[O-])cc1. The van der Waals surface area contributed by atoms with Crippen molar-refractivity contribution in [1.29, 1.82) is 0 Å². The summed E-state index contributed by atoms with van der Waals surface area (Å²) in [7, 11) is 0. The van der Waals surface area contributed by atoms with Crippen molar-refractivity contribution in [2.75, 3.05) is 5.75 Å². The highest BCUT2D eigenvalue weighted by atomic mass is 35.5. The van der Waals surface area contributed by atoms with Crippen molar-refractivity contribution in [1.82, 2.24) is 10.2 Å². The van der Waals surface area contributed by atoms with E-state index < -0.39 is 11.0 Å². The summed E-state index contributed by atoms with van der Waals surface area (Å²) in [6.45, 7) is 5.83. The lowest BCUT2D eigenvalue weighted by molar-refractivity contribution is -0.384. The largest absolute Gasteiger partial charge is 0.352 e. The number of hydrogen-bond acceptors (Lipinski definition) is 5. The molecule has 2 amide bonds. The second-order valence-corrected chi connectivity index (χ2v) is 9.57. The van der Waals surface area contributed by atoms with E-state index in [1.807, 2.05) is 20.8 Å². The number of amides is 2. The zero-order valence-electron chi connectivity index (χ0n) is 18.7. The van der Waals surface area contributed by atoms with Gasteiger partial charge in [-0.05, 0) is 43.5 Å². The normalized spacial score (nSPS) is 11.8. The van der Waals surface area contributed by atoms with E-state index in [0.717, 1.165) is 11.1 Å². The third-order valence-corrected chi connectivity index (χ3v) is 6.52. The zero-order chi connectivity index (χ0) is 24.5. The highest BCUT2D eigenvalue weighted by molar-refractivity contribution is 7.99. The highest BCUT2D eigenvalue weighted by Gasteiger charge is 2.29. The summed E-state index contributed by atoms with van der Waals surface area (Å²) < 4.78 is 0. The molecular formula is C23H27Cl2N3O4S. The van der Waals surface area contributed by atoms with Gasteiger partial charge in [-0.15, -0.1) is 11.8 Å². The Kier molecular flexibility index (Phi) is 10.5. The number of rotatable bonds is 11. The number of nitro groups is 1. The van der Waals surface area contributed by atoms with Gasteiger partial charge < -0.3 is 10.2 Å². The van der Waals surface area contributed by atoms with Crippen molar-refractivity contribution in [2.24, 2.45) is 0 Å². The predicted octanol–water partition coefficient (Wildman–Crippen LogP) is 5.47.